The Bertz CT molecular complexity index is 330. The highest BCUT2D eigenvalue weighted by molar-refractivity contribution is 4.79. The first-order valence-corrected chi connectivity index (χ1v) is 10.6. The predicted octanol–water partition coefficient (Wildman–Crippen LogP) is 1.42. The van der Waals surface area contributed by atoms with Crippen LogP contribution in [0.25, 0.3) is 0 Å². The van der Waals surface area contributed by atoms with Gasteiger partial charge in [-0.15, -0.1) is 0 Å². The molecule has 0 spiro atoms. The first-order chi connectivity index (χ1) is 11.8. The summed E-state index contributed by atoms with van der Waals surface area (Å²) in [7, 11) is 1.81. The minimum absolute atomic E-state index is 0.886. The summed E-state index contributed by atoms with van der Waals surface area (Å²) in [5, 5.41) is 2.50. The number of quaternary nitrogens is 1. The van der Waals surface area contributed by atoms with Gasteiger partial charge in [0, 0.05) is 20.2 Å². The van der Waals surface area contributed by atoms with Gasteiger partial charge in [-0.3, -0.25) is 0 Å². The van der Waals surface area contributed by atoms with E-state index < -0.39 is 0 Å². The van der Waals surface area contributed by atoms with E-state index in [9.17, 15) is 0 Å². The van der Waals surface area contributed by atoms with Gasteiger partial charge >= 0.3 is 0 Å². The van der Waals surface area contributed by atoms with Crippen LogP contribution in [0.15, 0.2) is 0 Å². The maximum atomic E-state index is 5.21. The number of nitrogens with zero attached hydrogens (tertiary/aromatic N) is 2. The predicted molar refractivity (Wildman–Crippen MR) is 99.2 cm³/mol. The van der Waals surface area contributed by atoms with E-state index in [1.807, 2.05) is 7.11 Å². The average molecular weight is 339 g/mol. The Hall–Kier alpha value is -0.160. The van der Waals surface area contributed by atoms with Gasteiger partial charge in [0.15, 0.2) is 0 Å². The monoisotopic (exact) mass is 338 g/mol. The summed E-state index contributed by atoms with van der Waals surface area (Å²) in [4.78, 5) is 5.36. The smallest absolute Gasteiger partial charge is 0.0758 e. The molecular weight excluding hydrogens is 298 g/mol. The molecule has 3 rings (SSSR count). The highest BCUT2D eigenvalue weighted by Gasteiger charge is 2.26. The molecule has 0 amide bonds. The molecule has 2 N–H and O–H groups in total. The maximum Gasteiger partial charge on any atom is 0.0758 e. The molecular formula is C20H40N3O+. The van der Waals surface area contributed by atoms with E-state index in [-0.39, 0.29) is 0 Å². The minimum atomic E-state index is 0.886. The summed E-state index contributed by atoms with van der Waals surface area (Å²) in [6.45, 7) is 11.4. The van der Waals surface area contributed by atoms with Gasteiger partial charge < -0.3 is 19.9 Å². The summed E-state index contributed by atoms with van der Waals surface area (Å²) < 4.78 is 5.21. The molecule has 4 heteroatoms. The third-order valence-corrected chi connectivity index (χ3v) is 6.77. The topological polar surface area (TPSA) is 32.3 Å². The van der Waals surface area contributed by atoms with Crippen molar-refractivity contribution in [3.8, 4) is 0 Å². The van der Waals surface area contributed by atoms with Crippen LogP contribution >= 0.6 is 0 Å². The molecule has 0 aromatic rings. The number of methoxy groups -OCH3 is 1. The Morgan fingerprint density at radius 2 is 1.38 bits per heavy atom. The summed E-state index contributed by atoms with van der Waals surface area (Å²) in [6.07, 6.45) is 10.2. The van der Waals surface area contributed by atoms with Crippen LogP contribution in [-0.4, -0.2) is 75.9 Å². The van der Waals surface area contributed by atoms with Crippen LogP contribution in [-0.2, 0) is 4.74 Å². The molecule has 0 radical (unpaired) electrons. The van der Waals surface area contributed by atoms with Crippen molar-refractivity contribution >= 4 is 0 Å². The molecule has 0 aromatic carbocycles. The number of ether oxygens (including phenoxy) is 1. The quantitative estimate of drug-likeness (QED) is 0.762. The Labute approximate surface area is 149 Å². The first-order valence-electron chi connectivity index (χ1n) is 10.6. The minimum Gasteiger partial charge on any atom is -0.383 e. The molecule has 3 aliphatic rings. The van der Waals surface area contributed by atoms with Crippen LogP contribution in [0, 0.1) is 17.8 Å². The van der Waals surface area contributed by atoms with Gasteiger partial charge in [-0.05, 0) is 88.9 Å². The zero-order valence-electron chi connectivity index (χ0n) is 15.9. The van der Waals surface area contributed by atoms with Crippen LogP contribution in [0.2, 0.25) is 0 Å². The lowest BCUT2D eigenvalue weighted by Crippen LogP contribution is -2.86. The standard InChI is InChI=1S/C20H39N3O/c1-24-15-14-22-10-6-20(7-11-22)17-23-12-4-19(5-13-23)16-18-2-8-21-9-3-18/h18-21H,2-17H2,1H3/p+1. The average Bonchev–Trinajstić information content (AvgIpc) is 2.64. The second-order valence-electron chi connectivity index (χ2n) is 8.57. The number of nitrogens with two attached hydrogens (primary N) is 1. The van der Waals surface area contributed by atoms with E-state index >= 15 is 0 Å². The number of hydrogen-bond donors (Lipinski definition) is 1. The van der Waals surface area contributed by atoms with E-state index in [2.05, 4.69) is 15.1 Å². The fourth-order valence-corrected chi connectivity index (χ4v) is 5.09. The molecule has 3 heterocycles. The summed E-state index contributed by atoms with van der Waals surface area (Å²) in [6, 6.07) is 0. The molecule has 0 saturated carbocycles. The zero-order valence-corrected chi connectivity index (χ0v) is 15.9. The van der Waals surface area contributed by atoms with Crippen LogP contribution in [0.5, 0.6) is 0 Å². The van der Waals surface area contributed by atoms with Crippen molar-refractivity contribution in [2.24, 2.45) is 17.8 Å². The molecule has 140 valence electrons. The third kappa shape index (κ3) is 5.98. The fourth-order valence-electron chi connectivity index (χ4n) is 5.09. The highest BCUT2D eigenvalue weighted by Crippen LogP contribution is 2.28. The lowest BCUT2D eigenvalue weighted by molar-refractivity contribution is -0.665. The molecule has 4 nitrogen and oxygen atoms in total. The van der Waals surface area contributed by atoms with Gasteiger partial charge in [0.05, 0.1) is 19.7 Å². The molecule has 0 bridgehead atoms. The fraction of sp³-hybridized carbons (Fsp3) is 1.00. The molecule has 0 atom stereocenters. The summed E-state index contributed by atoms with van der Waals surface area (Å²) in [5.74, 6) is 3.01. The zero-order chi connectivity index (χ0) is 16.6. The molecule has 0 aromatic heterocycles. The molecule has 24 heavy (non-hydrogen) atoms. The van der Waals surface area contributed by atoms with Crippen molar-refractivity contribution in [3.05, 3.63) is 0 Å². The SMILES string of the molecule is COCCN1CCC(CN2CCC(CC3CC[NH2+]CC3)CC2)CC1. The number of likely N-dealkylation sites (tertiary alicyclic amines) is 2. The van der Waals surface area contributed by atoms with Gasteiger partial charge in [-0.1, -0.05) is 0 Å². The van der Waals surface area contributed by atoms with E-state index in [4.69, 9.17) is 4.74 Å². The lowest BCUT2D eigenvalue weighted by atomic mass is 9.83. The van der Waals surface area contributed by atoms with Crippen molar-refractivity contribution in [2.75, 3.05) is 66.1 Å². The van der Waals surface area contributed by atoms with Crippen LogP contribution < -0.4 is 5.32 Å². The summed E-state index contributed by atoms with van der Waals surface area (Å²) >= 11 is 0. The van der Waals surface area contributed by atoms with Crippen molar-refractivity contribution in [3.63, 3.8) is 0 Å². The van der Waals surface area contributed by atoms with Gasteiger partial charge in [0.1, 0.15) is 0 Å². The van der Waals surface area contributed by atoms with E-state index in [1.54, 1.807) is 0 Å². The van der Waals surface area contributed by atoms with Crippen LogP contribution in [0.3, 0.4) is 0 Å². The second kappa shape index (κ2) is 10.1. The highest BCUT2D eigenvalue weighted by atomic mass is 16.5. The number of piperidine rings is 3. The Kier molecular flexibility index (Phi) is 7.84. The Morgan fingerprint density at radius 1 is 0.792 bits per heavy atom. The van der Waals surface area contributed by atoms with Crippen molar-refractivity contribution in [1.29, 1.82) is 0 Å². The normalized spacial score (nSPS) is 26.9. The maximum absolute atomic E-state index is 5.21. The molecule has 3 saturated heterocycles. The van der Waals surface area contributed by atoms with Crippen molar-refractivity contribution in [2.45, 2.75) is 44.9 Å². The third-order valence-electron chi connectivity index (χ3n) is 6.77. The van der Waals surface area contributed by atoms with Crippen molar-refractivity contribution in [1.82, 2.24) is 9.80 Å². The van der Waals surface area contributed by atoms with E-state index in [1.165, 1.54) is 90.8 Å². The number of rotatable bonds is 7. The summed E-state index contributed by atoms with van der Waals surface area (Å²) in [5.41, 5.74) is 0. The lowest BCUT2D eigenvalue weighted by Gasteiger charge is -2.38. The number of hydrogen-bond acceptors (Lipinski definition) is 3. The van der Waals surface area contributed by atoms with Crippen molar-refractivity contribution < 1.29 is 10.1 Å². The Morgan fingerprint density at radius 3 is 2.04 bits per heavy atom. The van der Waals surface area contributed by atoms with Gasteiger partial charge in [0.2, 0.25) is 0 Å². The second-order valence-corrected chi connectivity index (χ2v) is 8.57. The largest absolute Gasteiger partial charge is 0.383 e. The van der Waals surface area contributed by atoms with E-state index in [0.717, 1.165) is 30.9 Å². The van der Waals surface area contributed by atoms with Gasteiger partial charge in [-0.25, -0.2) is 0 Å². The van der Waals surface area contributed by atoms with Crippen LogP contribution in [0.4, 0.5) is 0 Å². The first kappa shape index (κ1) is 18.6. The Balaban J connectivity index is 1.28. The molecule has 3 aliphatic heterocycles. The molecule has 3 fully saturated rings. The van der Waals surface area contributed by atoms with E-state index in [0.29, 0.717) is 0 Å². The van der Waals surface area contributed by atoms with Gasteiger partial charge in [-0.2, -0.15) is 0 Å². The van der Waals surface area contributed by atoms with Crippen LogP contribution in [0.1, 0.15) is 44.9 Å². The van der Waals surface area contributed by atoms with Gasteiger partial charge in [0.25, 0.3) is 0 Å². The molecule has 0 unspecified atom stereocenters. The molecule has 0 aliphatic carbocycles.